The van der Waals surface area contributed by atoms with Crippen LogP contribution in [-0.4, -0.2) is 30.8 Å². The third-order valence-corrected chi connectivity index (χ3v) is 8.46. The molecule has 8 nitrogen and oxygen atoms in total. The van der Waals surface area contributed by atoms with E-state index in [9.17, 15) is 24.1 Å². The second-order valence-corrected chi connectivity index (χ2v) is 10.9. The number of nitrogens with zero attached hydrogens (tertiary/aromatic N) is 4. The first kappa shape index (κ1) is 22.8. The fraction of sp³-hybridized carbons (Fsp3) is 0.444. The van der Waals surface area contributed by atoms with E-state index >= 15 is 0 Å². The van der Waals surface area contributed by atoms with Crippen molar-refractivity contribution in [2.24, 2.45) is 17.8 Å². The molecule has 186 valence electrons. The lowest BCUT2D eigenvalue weighted by atomic mass is 9.52. The zero-order valence-corrected chi connectivity index (χ0v) is 19.8. The van der Waals surface area contributed by atoms with Gasteiger partial charge in [0.1, 0.15) is 12.4 Å². The normalized spacial score (nSPS) is 26.3. The number of non-ortho nitro benzene ring substituents is 1. The van der Waals surface area contributed by atoms with Crippen molar-refractivity contribution in [1.82, 2.24) is 14.5 Å². The van der Waals surface area contributed by atoms with Gasteiger partial charge in [-0.2, -0.15) is 0 Å². The van der Waals surface area contributed by atoms with E-state index in [0.29, 0.717) is 29.8 Å². The van der Waals surface area contributed by atoms with Crippen molar-refractivity contribution in [3.05, 3.63) is 80.6 Å². The second kappa shape index (κ2) is 8.50. The SMILES string of the molecule is O=C(Cn1cnc2ccc([N+](=O)[O-])cc2c1=O)N(Cc1ccc(F)cc1)C12CC3CC(CC(C3)C1)C2. The van der Waals surface area contributed by atoms with Gasteiger partial charge < -0.3 is 4.90 Å². The van der Waals surface area contributed by atoms with Gasteiger partial charge in [-0.15, -0.1) is 0 Å². The minimum atomic E-state index is -0.557. The fourth-order valence-corrected chi connectivity index (χ4v) is 7.29. The highest BCUT2D eigenvalue weighted by Crippen LogP contribution is 2.58. The summed E-state index contributed by atoms with van der Waals surface area (Å²) in [6.45, 7) is 0.153. The molecule has 1 amide bonds. The molecule has 36 heavy (non-hydrogen) atoms. The Balaban J connectivity index is 1.35. The lowest BCUT2D eigenvalue weighted by Gasteiger charge is -2.60. The second-order valence-electron chi connectivity index (χ2n) is 10.9. The van der Waals surface area contributed by atoms with Crippen LogP contribution in [0.15, 0.2) is 53.6 Å². The molecule has 0 saturated heterocycles. The fourth-order valence-electron chi connectivity index (χ4n) is 7.29. The number of carbonyl (C=O) groups excluding carboxylic acids is 1. The van der Waals surface area contributed by atoms with Gasteiger partial charge in [0.05, 0.1) is 22.2 Å². The molecule has 4 aliphatic carbocycles. The Hall–Kier alpha value is -3.62. The first-order valence-corrected chi connectivity index (χ1v) is 12.5. The molecule has 0 radical (unpaired) electrons. The molecular formula is C27H27FN4O4. The highest BCUT2D eigenvalue weighted by Gasteiger charge is 2.54. The van der Waals surface area contributed by atoms with E-state index in [4.69, 9.17) is 0 Å². The summed E-state index contributed by atoms with van der Waals surface area (Å²) in [5.41, 5.74) is 0.257. The molecule has 2 aromatic carbocycles. The summed E-state index contributed by atoms with van der Waals surface area (Å²) in [5, 5.41) is 11.3. The van der Waals surface area contributed by atoms with Gasteiger partial charge in [0.2, 0.25) is 5.91 Å². The maximum absolute atomic E-state index is 13.9. The molecule has 0 aliphatic heterocycles. The van der Waals surface area contributed by atoms with Crippen molar-refractivity contribution < 1.29 is 14.1 Å². The van der Waals surface area contributed by atoms with Gasteiger partial charge in [-0.05, 0) is 80.0 Å². The summed E-state index contributed by atoms with van der Waals surface area (Å²) in [6, 6.07) is 10.2. The Kier molecular flexibility index (Phi) is 5.39. The minimum absolute atomic E-state index is 0.111. The van der Waals surface area contributed by atoms with Crippen molar-refractivity contribution in [3.8, 4) is 0 Å². The van der Waals surface area contributed by atoms with Crippen LogP contribution in [0.2, 0.25) is 0 Å². The van der Waals surface area contributed by atoms with Crippen LogP contribution in [0.1, 0.15) is 44.1 Å². The number of aromatic nitrogens is 2. The highest BCUT2D eigenvalue weighted by atomic mass is 19.1. The summed E-state index contributed by atoms with van der Waals surface area (Å²) in [4.78, 5) is 44.0. The summed E-state index contributed by atoms with van der Waals surface area (Å²) in [5.74, 6) is 1.34. The molecule has 7 rings (SSSR count). The maximum atomic E-state index is 13.9. The van der Waals surface area contributed by atoms with Crippen molar-refractivity contribution in [2.45, 2.75) is 57.2 Å². The Morgan fingerprint density at radius 1 is 1.08 bits per heavy atom. The quantitative estimate of drug-likeness (QED) is 0.376. The predicted octanol–water partition coefficient (Wildman–Crippen LogP) is 4.44. The summed E-state index contributed by atoms with van der Waals surface area (Å²) >= 11 is 0. The number of halogens is 1. The van der Waals surface area contributed by atoms with Gasteiger partial charge >= 0.3 is 0 Å². The lowest BCUT2D eigenvalue weighted by molar-refractivity contribution is -0.384. The predicted molar refractivity (Wildman–Crippen MR) is 131 cm³/mol. The van der Waals surface area contributed by atoms with Crippen LogP contribution in [0.5, 0.6) is 0 Å². The zero-order chi connectivity index (χ0) is 25.0. The zero-order valence-electron chi connectivity index (χ0n) is 19.8. The molecular weight excluding hydrogens is 463 g/mol. The Bertz CT molecular complexity index is 1380. The van der Waals surface area contributed by atoms with Gasteiger partial charge in [0.15, 0.2) is 0 Å². The Morgan fingerprint density at radius 2 is 1.72 bits per heavy atom. The van der Waals surface area contributed by atoms with Crippen LogP contribution in [0.25, 0.3) is 10.9 Å². The van der Waals surface area contributed by atoms with Gasteiger partial charge in [-0.3, -0.25) is 24.3 Å². The van der Waals surface area contributed by atoms with E-state index in [1.165, 1.54) is 60.5 Å². The van der Waals surface area contributed by atoms with Crippen LogP contribution in [0.4, 0.5) is 10.1 Å². The van der Waals surface area contributed by atoms with Crippen LogP contribution in [-0.2, 0) is 17.9 Å². The van der Waals surface area contributed by atoms with Crippen LogP contribution in [0.3, 0.4) is 0 Å². The molecule has 0 spiro atoms. The number of hydrogen-bond donors (Lipinski definition) is 0. The van der Waals surface area contributed by atoms with Crippen LogP contribution >= 0.6 is 0 Å². The van der Waals surface area contributed by atoms with E-state index in [0.717, 1.165) is 24.8 Å². The minimum Gasteiger partial charge on any atom is -0.331 e. The molecule has 0 unspecified atom stereocenters. The third-order valence-electron chi connectivity index (χ3n) is 8.46. The molecule has 1 heterocycles. The van der Waals surface area contributed by atoms with E-state index in [1.54, 1.807) is 12.1 Å². The number of carbonyl (C=O) groups is 1. The molecule has 0 N–H and O–H groups in total. The molecule has 4 aliphatic rings. The summed E-state index contributed by atoms with van der Waals surface area (Å²) in [6.07, 6.45) is 7.90. The molecule has 4 saturated carbocycles. The van der Waals surface area contributed by atoms with Crippen molar-refractivity contribution in [3.63, 3.8) is 0 Å². The highest BCUT2D eigenvalue weighted by molar-refractivity contribution is 5.81. The monoisotopic (exact) mass is 490 g/mol. The van der Waals surface area contributed by atoms with Crippen LogP contribution in [0, 0.1) is 33.7 Å². The number of rotatable bonds is 6. The van der Waals surface area contributed by atoms with E-state index in [-0.39, 0.29) is 34.9 Å². The molecule has 1 aromatic heterocycles. The largest absolute Gasteiger partial charge is 0.331 e. The van der Waals surface area contributed by atoms with Gasteiger partial charge in [0, 0.05) is 24.2 Å². The molecule has 0 atom stereocenters. The molecule has 3 aromatic rings. The third kappa shape index (κ3) is 3.96. The average molecular weight is 491 g/mol. The topological polar surface area (TPSA) is 98.3 Å². The van der Waals surface area contributed by atoms with Crippen molar-refractivity contribution >= 4 is 22.5 Å². The van der Waals surface area contributed by atoms with E-state index in [2.05, 4.69) is 4.98 Å². The van der Waals surface area contributed by atoms with E-state index < -0.39 is 10.5 Å². The molecule has 4 fully saturated rings. The lowest BCUT2D eigenvalue weighted by Crippen LogP contribution is -2.61. The number of nitro groups is 1. The van der Waals surface area contributed by atoms with Crippen LogP contribution < -0.4 is 5.56 Å². The van der Waals surface area contributed by atoms with Gasteiger partial charge in [-0.25, -0.2) is 9.37 Å². The standard InChI is InChI=1S/C27H27FN4O4/c28-21-3-1-17(2-4-21)14-31(27-11-18-7-19(12-27)9-20(8-18)13-27)25(33)15-30-16-29-24-6-5-22(32(35)36)10-23(24)26(30)34/h1-6,10,16,18-20H,7-9,11-15H2. The van der Waals surface area contributed by atoms with Gasteiger partial charge in [0.25, 0.3) is 11.2 Å². The summed E-state index contributed by atoms with van der Waals surface area (Å²) < 4.78 is 14.8. The summed E-state index contributed by atoms with van der Waals surface area (Å²) in [7, 11) is 0. The smallest absolute Gasteiger partial charge is 0.270 e. The van der Waals surface area contributed by atoms with Gasteiger partial charge in [-0.1, -0.05) is 12.1 Å². The molecule has 9 heteroatoms. The first-order chi connectivity index (χ1) is 17.3. The number of fused-ring (bicyclic) bond motifs is 1. The number of nitro benzene ring substituents is 1. The van der Waals surface area contributed by atoms with Crippen molar-refractivity contribution in [1.29, 1.82) is 0 Å². The number of amides is 1. The first-order valence-electron chi connectivity index (χ1n) is 12.5. The Morgan fingerprint density at radius 3 is 2.33 bits per heavy atom. The number of benzene rings is 2. The average Bonchev–Trinajstić information content (AvgIpc) is 2.84. The Labute approximate surface area is 206 Å². The van der Waals surface area contributed by atoms with E-state index in [1.807, 2.05) is 4.90 Å². The maximum Gasteiger partial charge on any atom is 0.270 e. The number of hydrogen-bond acceptors (Lipinski definition) is 5. The van der Waals surface area contributed by atoms with Crippen molar-refractivity contribution in [2.75, 3.05) is 0 Å². The molecule has 4 bridgehead atoms.